The molecule has 0 unspecified atom stereocenters. The van der Waals surface area contributed by atoms with Crippen molar-refractivity contribution in [2.45, 2.75) is 6.92 Å². The van der Waals surface area contributed by atoms with Crippen LogP contribution in [0.1, 0.15) is 11.1 Å². The molecule has 1 heterocycles. The summed E-state index contributed by atoms with van der Waals surface area (Å²) >= 11 is 0. The third-order valence-corrected chi connectivity index (χ3v) is 3.73. The summed E-state index contributed by atoms with van der Waals surface area (Å²) < 4.78 is 28.1. The summed E-state index contributed by atoms with van der Waals surface area (Å²) in [6.45, 7) is 0.763. The highest BCUT2D eigenvalue weighted by Gasteiger charge is 2.37. The highest BCUT2D eigenvalue weighted by Crippen LogP contribution is 2.28. The van der Waals surface area contributed by atoms with Crippen LogP contribution in [0.4, 0.5) is 19.3 Å². The number of nitrogens with zero attached hydrogens (tertiary/aromatic N) is 3. The molecule has 2 amide bonds. The number of benzene rings is 1. The molecule has 1 aliphatic rings. The van der Waals surface area contributed by atoms with E-state index in [1.165, 1.54) is 0 Å². The molecule has 0 saturated carbocycles. The van der Waals surface area contributed by atoms with Gasteiger partial charge in [-0.2, -0.15) is 4.39 Å². The van der Waals surface area contributed by atoms with E-state index in [0.29, 0.717) is 6.07 Å². The largest absolute Gasteiger partial charge is 0.465 e. The van der Waals surface area contributed by atoms with Crippen LogP contribution < -0.4 is 5.32 Å². The van der Waals surface area contributed by atoms with E-state index in [4.69, 9.17) is 10.3 Å². The van der Waals surface area contributed by atoms with Crippen LogP contribution in [0.3, 0.4) is 0 Å². The standard InChI is InChI=1S/C13H12F2N4O6/c1-5-8(14)2-7(9(15)10(5)19(24)25)11(17-23)16-12(20)6-3-18(4-6)13(21)22/h2,6,23H,3-4H2,1H3,(H,21,22)(H,16,17,20). The molecule has 0 spiro atoms. The van der Waals surface area contributed by atoms with Gasteiger partial charge >= 0.3 is 11.8 Å². The molecule has 134 valence electrons. The minimum absolute atomic E-state index is 0.120. The zero-order valence-corrected chi connectivity index (χ0v) is 12.7. The Bertz CT molecular complexity index is 791. The first-order chi connectivity index (χ1) is 11.7. The Labute approximate surface area is 138 Å². The second-order valence-corrected chi connectivity index (χ2v) is 5.27. The van der Waals surface area contributed by atoms with Gasteiger partial charge in [0.2, 0.25) is 11.7 Å². The predicted octanol–water partition coefficient (Wildman–Crippen LogP) is 1.04. The van der Waals surface area contributed by atoms with Crippen molar-refractivity contribution < 1.29 is 33.6 Å². The smallest absolute Gasteiger partial charge is 0.407 e. The number of nitrogens with one attached hydrogen (secondary N) is 1. The van der Waals surface area contributed by atoms with Gasteiger partial charge in [-0.15, -0.1) is 0 Å². The normalized spacial score (nSPS) is 14.8. The van der Waals surface area contributed by atoms with Crippen LogP contribution in [0.15, 0.2) is 11.2 Å². The van der Waals surface area contributed by atoms with Crippen LogP contribution >= 0.6 is 0 Å². The van der Waals surface area contributed by atoms with E-state index >= 15 is 0 Å². The second kappa shape index (κ2) is 6.67. The molecule has 0 radical (unpaired) electrons. The van der Waals surface area contributed by atoms with E-state index < -0.39 is 57.1 Å². The topological polar surface area (TPSA) is 145 Å². The first kappa shape index (κ1) is 18.0. The van der Waals surface area contributed by atoms with Crippen molar-refractivity contribution in [3.8, 4) is 0 Å². The third kappa shape index (κ3) is 3.32. The van der Waals surface area contributed by atoms with Crippen molar-refractivity contribution in [1.29, 1.82) is 0 Å². The summed E-state index contributed by atoms with van der Waals surface area (Å²) in [7, 11) is 0. The van der Waals surface area contributed by atoms with Crippen molar-refractivity contribution in [2.75, 3.05) is 13.1 Å². The Morgan fingerprint density at radius 2 is 2.04 bits per heavy atom. The van der Waals surface area contributed by atoms with E-state index in [1.807, 2.05) is 5.32 Å². The third-order valence-electron chi connectivity index (χ3n) is 3.73. The maximum Gasteiger partial charge on any atom is 0.407 e. The number of carbonyl (C=O) groups is 2. The van der Waals surface area contributed by atoms with E-state index in [-0.39, 0.29) is 13.1 Å². The van der Waals surface area contributed by atoms with Gasteiger partial charge in [0.05, 0.1) is 22.0 Å². The molecule has 0 aromatic heterocycles. The summed E-state index contributed by atoms with van der Waals surface area (Å²) in [6, 6.07) is 0.553. The molecule has 10 nitrogen and oxygen atoms in total. The van der Waals surface area contributed by atoms with Gasteiger partial charge < -0.3 is 20.5 Å². The fourth-order valence-electron chi connectivity index (χ4n) is 2.26. The number of amidine groups is 1. The molecule has 0 atom stereocenters. The number of carbonyl (C=O) groups excluding carboxylic acids is 1. The number of halogens is 2. The first-order valence-electron chi connectivity index (χ1n) is 6.81. The van der Waals surface area contributed by atoms with Crippen LogP contribution in [-0.2, 0) is 4.79 Å². The van der Waals surface area contributed by atoms with Crippen LogP contribution in [0, 0.1) is 34.6 Å². The van der Waals surface area contributed by atoms with E-state index in [0.717, 1.165) is 11.8 Å². The average molecular weight is 358 g/mol. The monoisotopic (exact) mass is 358 g/mol. The summed E-state index contributed by atoms with van der Waals surface area (Å²) in [5.74, 6) is -5.00. The maximum atomic E-state index is 14.3. The first-order valence-corrected chi connectivity index (χ1v) is 6.81. The van der Waals surface area contributed by atoms with Crippen LogP contribution in [0.25, 0.3) is 0 Å². The predicted molar refractivity (Wildman–Crippen MR) is 77.3 cm³/mol. The molecule has 1 aliphatic heterocycles. The number of hydrogen-bond acceptors (Lipinski definition) is 6. The minimum atomic E-state index is -1.47. The van der Waals surface area contributed by atoms with Crippen LogP contribution in [0.2, 0.25) is 0 Å². The van der Waals surface area contributed by atoms with Crippen molar-refractivity contribution in [1.82, 2.24) is 10.2 Å². The van der Waals surface area contributed by atoms with Gasteiger partial charge in [0.1, 0.15) is 5.82 Å². The highest BCUT2D eigenvalue weighted by atomic mass is 19.1. The van der Waals surface area contributed by atoms with Gasteiger partial charge in [-0.1, -0.05) is 5.16 Å². The molecule has 2 rings (SSSR count). The SMILES string of the molecule is Cc1c(F)cc(/C(=N/O)NC(=O)C2CN(C(=O)O)C2)c(F)c1[N+](=O)[O-]. The van der Waals surface area contributed by atoms with Gasteiger partial charge in [-0.3, -0.25) is 14.9 Å². The summed E-state index contributed by atoms with van der Waals surface area (Å²) in [4.78, 5) is 33.3. The van der Waals surface area contributed by atoms with Crippen molar-refractivity contribution in [2.24, 2.45) is 11.1 Å². The lowest BCUT2D eigenvalue weighted by molar-refractivity contribution is -0.388. The lowest BCUT2D eigenvalue weighted by Crippen LogP contribution is -2.56. The van der Waals surface area contributed by atoms with Crippen LogP contribution in [-0.4, -0.2) is 51.1 Å². The Morgan fingerprint density at radius 1 is 1.44 bits per heavy atom. The van der Waals surface area contributed by atoms with Gasteiger partial charge in [-0.25, -0.2) is 9.18 Å². The second-order valence-electron chi connectivity index (χ2n) is 5.27. The summed E-state index contributed by atoms with van der Waals surface area (Å²) in [6.07, 6.45) is -1.22. The molecular formula is C13H12F2N4O6. The quantitative estimate of drug-likeness (QED) is 0.242. The van der Waals surface area contributed by atoms with Gasteiger partial charge in [0.25, 0.3) is 0 Å². The summed E-state index contributed by atoms with van der Waals surface area (Å²) in [5, 5.41) is 33.2. The Kier molecular flexibility index (Phi) is 4.81. The number of nitro groups is 1. The highest BCUT2D eigenvalue weighted by molar-refractivity contribution is 6.09. The molecule has 1 aromatic carbocycles. The average Bonchev–Trinajstić information content (AvgIpc) is 2.46. The van der Waals surface area contributed by atoms with Crippen LogP contribution in [0.5, 0.6) is 0 Å². The van der Waals surface area contributed by atoms with Crippen molar-refractivity contribution in [3.05, 3.63) is 38.9 Å². The number of carboxylic acid groups (broad SMARTS) is 1. The Hall–Kier alpha value is -3.31. The zero-order valence-electron chi connectivity index (χ0n) is 12.7. The van der Waals surface area contributed by atoms with Crippen molar-refractivity contribution >= 4 is 23.5 Å². The fraction of sp³-hybridized carbons (Fsp3) is 0.308. The van der Waals surface area contributed by atoms with E-state index in [1.54, 1.807) is 0 Å². The number of nitro benzene ring substituents is 1. The lowest BCUT2D eigenvalue weighted by atomic mass is 9.99. The number of amides is 2. The van der Waals surface area contributed by atoms with Gasteiger partial charge in [0.15, 0.2) is 5.84 Å². The van der Waals surface area contributed by atoms with Crippen molar-refractivity contribution in [3.63, 3.8) is 0 Å². The zero-order chi connectivity index (χ0) is 18.9. The molecule has 1 fully saturated rings. The molecule has 0 bridgehead atoms. The summed E-state index contributed by atoms with van der Waals surface area (Å²) in [5.41, 5.74) is -2.50. The molecule has 25 heavy (non-hydrogen) atoms. The maximum absolute atomic E-state index is 14.3. The van der Waals surface area contributed by atoms with Gasteiger partial charge in [-0.05, 0) is 13.0 Å². The fourth-order valence-corrected chi connectivity index (χ4v) is 2.26. The van der Waals surface area contributed by atoms with E-state index in [9.17, 15) is 28.5 Å². The van der Waals surface area contributed by atoms with Gasteiger partial charge in [0, 0.05) is 13.1 Å². The molecule has 3 N–H and O–H groups in total. The Morgan fingerprint density at radius 3 is 2.52 bits per heavy atom. The molecule has 1 saturated heterocycles. The lowest BCUT2D eigenvalue weighted by Gasteiger charge is -2.35. The minimum Gasteiger partial charge on any atom is -0.465 e. The number of oxime groups is 1. The molecule has 1 aromatic rings. The number of rotatable bonds is 3. The number of hydrogen-bond donors (Lipinski definition) is 3. The molecule has 0 aliphatic carbocycles. The molecular weight excluding hydrogens is 346 g/mol. The number of likely N-dealkylation sites (tertiary alicyclic amines) is 1. The Balaban J connectivity index is 2.26. The molecule has 12 heteroatoms. The van der Waals surface area contributed by atoms with E-state index in [2.05, 4.69) is 5.16 Å².